The molecule has 0 saturated heterocycles. The minimum Gasteiger partial charge on any atom is -0.391 e. The highest BCUT2D eigenvalue weighted by atomic mass is 16.3. The first kappa shape index (κ1) is 16.7. The quantitative estimate of drug-likeness (QED) is 0.805. The summed E-state index contributed by atoms with van der Waals surface area (Å²) in [6.07, 6.45) is 1.97. The maximum atomic E-state index is 12.2. The number of nitrogens with zero attached hydrogens (tertiary/aromatic N) is 2. The van der Waals surface area contributed by atoms with Crippen molar-refractivity contribution < 1.29 is 9.90 Å². The first-order chi connectivity index (χ1) is 9.35. The second-order valence-corrected chi connectivity index (χ2v) is 5.93. The Morgan fingerprint density at radius 1 is 1.40 bits per heavy atom. The molecule has 0 aliphatic rings. The van der Waals surface area contributed by atoms with Crippen molar-refractivity contribution in [1.29, 1.82) is 0 Å². The smallest absolute Gasteiger partial charge is 0.254 e. The van der Waals surface area contributed by atoms with Gasteiger partial charge in [0.1, 0.15) is 0 Å². The Kier molecular flexibility index (Phi) is 6.20. The van der Waals surface area contributed by atoms with Gasteiger partial charge in [-0.15, -0.1) is 0 Å². The van der Waals surface area contributed by atoms with E-state index in [4.69, 9.17) is 0 Å². The lowest BCUT2D eigenvalue weighted by Gasteiger charge is -2.14. The standard InChI is InChI=1S/C15H27N3O2/c1-6-18-9-13(14(17-18)11(4)5)15(20)16-8-12(19)7-10(2)3/h9-12,19H,6-8H2,1-5H3,(H,16,20). The van der Waals surface area contributed by atoms with Crippen LogP contribution in [0.15, 0.2) is 6.20 Å². The lowest BCUT2D eigenvalue weighted by atomic mass is 10.0. The van der Waals surface area contributed by atoms with Crippen LogP contribution in [0.2, 0.25) is 0 Å². The van der Waals surface area contributed by atoms with E-state index in [1.807, 2.05) is 34.6 Å². The number of carbonyl (C=O) groups is 1. The van der Waals surface area contributed by atoms with Crippen molar-refractivity contribution >= 4 is 5.91 Å². The van der Waals surface area contributed by atoms with Gasteiger partial charge in [0.25, 0.3) is 5.91 Å². The molecular formula is C15H27N3O2. The van der Waals surface area contributed by atoms with Crippen molar-refractivity contribution in [2.24, 2.45) is 5.92 Å². The fourth-order valence-corrected chi connectivity index (χ4v) is 2.13. The van der Waals surface area contributed by atoms with Gasteiger partial charge >= 0.3 is 0 Å². The summed E-state index contributed by atoms with van der Waals surface area (Å²) in [4.78, 5) is 12.2. The second-order valence-electron chi connectivity index (χ2n) is 5.93. The van der Waals surface area contributed by atoms with E-state index in [0.29, 0.717) is 17.9 Å². The van der Waals surface area contributed by atoms with E-state index in [2.05, 4.69) is 10.4 Å². The first-order valence-electron chi connectivity index (χ1n) is 7.38. The fourth-order valence-electron chi connectivity index (χ4n) is 2.13. The van der Waals surface area contributed by atoms with Crippen molar-refractivity contribution in [3.63, 3.8) is 0 Å². The van der Waals surface area contributed by atoms with Gasteiger partial charge in [0.15, 0.2) is 0 Å². The average molecular weight is 281 g/mol. The highest BCUT2D eigenvalue weighted by Crippen LogP contribution is 2.17. The number of aryl methyl sites for hydroxylation is 1. The summed E-state index contributed by atoms with van der Waals surface area (Å²) < 4.78 is 1.77. The van der Waals surface area contributed by atoms with Crippen LogP contribution in [0.3, 0.4) is 0 Å². The third-order valence-corrected chi connectivity index (χ3v) is 3.15. The Hall–Kier alpha value is -1.36. The summed E-state index contributed by atoms with van der Waals surface area (Å²) in [6, 6.07) is 0. The molecule has 1 rings (SSSR count). The van der Waals surface area contributed by atoms with Crippen molar-refractivity contribution in [3.8, 4) is 0 Å². The van der Waals surface area contributed by atoms with Crippen LogP contribution < -0.4 is 5.32 Å². The van der Waals surface area contributed by atoms with Crippen LogP contribution in [0, 0.1) is 5.92 Å². The molecule has 0 aromatic carbocycles. The minimum absolute atomic E-state index is 0.156. The van der Waals surface area contributed by atoms with E-state index in [-0.39, 0.29) is 18.4 Å². The van der Waals surface area contributed by atoms with E-state index in [0.717, 1.165) is 12.2 Å². The van der Waals surface area contributed by atoms with Crippen LogP contribution in [-0.4, -0.2) is 33.4 Å². The number of hydrogen-bond acceptors (Lipinski definition) is 3. The molecule has 1 aromatic rings. The zero-order chi connectivity index (χ0) is 15.3. The van der Waals surface area contributed by atoms with E-state index >= 15 is 0 Å². The number of aliphatic hydroxyl groups excluding tert-OH is 1. The highest BCUT2D eigenvalue weighted by Gasteiger charge is 2.19. The SMILES string of the molecule is CCn1cc(C(=O)NCC(O)CC(C)C)c(C(C)C)n1. The molecule has 0 radical (unpaired) electrons. The molecule has 0 aliphatic carbocycles. The molecule has 5 nitrogen and oxygen atoms in total. The summed E-state index contributed by atoms with van der Waals surface area (Å²) in [5.74, 6) is 0.455. The van der Waals surface area contributed by atoms with Crippen LogP contribution in [0.5, 0.6) is 0 Å². The summed E-state index contributed by atoms with van der Waals surface area (Å²) in [6.45, 7) is 11.2. The number of aromatic nitrogens is 2. The number of rotatable bonds is 7. The molecule has 0 bridgehead atoms. The molecule has 0 fully saturated rings. The van der Waals surface area contributed by atoms with Gasteiger partial charge in [-0.3, -0.25) is 9.48 Å². The number of aliphatic hydroxyl groups is 1. The monoisotopic (exact) mass is 281 g/mol. The Morgan fingerprint density at radius 2 is 2.05 bits per heavy atom. The van der Waals surface area contributed by atoms with Crippen molar-refractivity contribution in [2.75, 3.05) is 6.54 Å². The third kappa shape index (κ3) is 4.63. The molecule has 2 N–H and O–H groups in total. The van der Waals surface area contributed by atoms with Gasteiger partial charge in [0, 0.05) is 19.3 Å². The van der Waals surface area contributed by atoms with Crippen LogP contribution in [0.25, 0.3) is 0 Å². The number of hydrogen-bond donors (Lipinski definition) is 2. The molecular weight excluding hydrogens is 254 g/mol. The molecule has 5 heteroatoms. The Balaban J connectivity index is 2.69. The molecule has 0 aliphatic heterocycles. The number of carbonyl (C=O) groups excluding carboxylic acids is 1. The molecule has 0 saturated carbocycles. The summed E-state index contributed by atoms with van der Waals surface area (Å²) >= 11 is 0. The first-order valence-corrected chi connectivity index (χ1v) is 7.38. The zero-order valence-corrected chi connectivity index (χ0v) is 13.2. The average Bonchev–Trinajstić information content (AvgIpc) is 2.79. The van der Waals surface area contributed by atoms with Gasteiger partial charge in [-0.1, -0.05) is 27.7 Å². The summed E-state index contributed by atoms with van der Waals surface area (Å²) in [5, 5.41) is 17.0. The third-order valence-electron chi connectivity index (χ3n) is 3.15. The van der Waals surface area contributed by atoms with Crippen LogP contribution >= 0.6 is 0 Å². The van der Waals surface area contributed by atoms with Crippen LogP contribution in [-0.2, 0) is 6.54 Å². The lowest BCUT2D eigenvalue weighted by Crippen LogP contribution is -2.33. The second kappa shape index (κ2) is 7.43. The summed E-state index contributed by atoms with van der Waals surface area (Å²) in [7, 11) is 0. The maximum absolute atomic E-state index is 12.2. The lowest BCUT2D eigenvalue weighted by molar-refractivity contribution is 0.0899. The Bertz CT molecular complexity index is 438. The Morgan fingerprint density at radius 3 is 2.55 bits per heavy atom. The van der Waals surface area contributed by atoms with E-state index in [9.17, 15) is 9.90 Å². The molecule has 114 valence electrons. The summed E-state index contributed by atoms with van der Waals surface area (Å²) in [5.41, 5.74) is 1.42. The van der Waals surface area contributed by atoms with Crippen LogP contribution in [0.4, 0.5) is 0 Å². The fraction of sp³-hybridized carbons (Fsp3) is 0.733. The highest BCUT2D eigenvalue weighted by molar-refractivity contribution is 5.95. The largest absolute Gasteiger partial charge is 0.391 e. The van der Waals surface area contributed by atoms with Gasteiger partial charge < -0.3 is 10.4 Å². The van der Waals surface area contributed by atoms with Crippen molar-refractivity contribution in [1.82, 2.24) is 15.1 Å². The van der Waals surface area contributed by atoms with Gasteiger partial charge in [-0.25, -0.2) is 0 Å². The normalized spacial score (nSPS) is 13.0. The van der Waals surface area contributed by atoms with Gasteiger partial charge in [0.05, 0.1) is 17.4 Å². The van der Waals surface area contributed by atoms with E-state index < -0.39 is 6.10 Å². The predicted molar refractivity (Wildman–Crippen MR) is 79.8 cm³/mol. The topological polar surface area (TPSA) is 67.2 Å². The van der Waals surface area contributed by atoms with E-state index in [1.165, 1.54) is 0 Å². The molecule has 1 aromatic heterocycles. The van der Waals surface area contributed by atoms with Gasteiger partial charge in [-0.2, -0.15) is 5.10 Å². The van der Waals surface area contributed by atoms with Gasteiger partial charge in [0.2, 0.25) is 0 Å². The zero-order valence-electron chi connectivity index (χ0n) is 13.2. The molecule has 1 unspecified atom stereocenters. The molecule has 0 spiro atoms. The number of amides is 1. The van der Waals surface area contributed by atoms with E-state index in [1.54, 1.807) is 10.9 Å². The van der Waals surface area contributed by atoms with Crippen molar-refractivity contribution in [2.45, 2.75) is 59.6 Å². The van der Waals surface area contributed by atoms with Crippen LogP contribution in [0.1, 0.15) is 63.0 Å². The minimum atomic E-state index is -0.498. The molecule has 1 heterocycles. The Labute approximate surface area is 121 Å². The maximum Gasteiger partial charge on any atom is 0.254 e. The molecule has 1 amide bonds. The van der Waals surface area contributed by atoms with Gasteiger partial charge in [-0.05, 0) is 25.2 Å². The molecule has 1 atom stereocenters. The van der Waals surface area contributed by atoms with Crippen molar-refractivity contribution in [3.05, 3.63) is 17.5 Å². The predicted octanol–water partition coefficient (Wildman–Crippen LogP) is 2.16. The molecule has 20 heavy (non-hydrogen) atoms. The number of nitrogens with one attached hydrogen (secondary N) is 1.